The Hall–Kier alpha value is -2.40. The summed E-state index contributed by atoms with van der Waals surface area (Å²) in [6.07, 6.45) is 0. The zero-order chi connectivity index (χ0) is 16.2. The Bertz CT molecular complexity index is 747. The first-order chi connectivity index (χ1) is 11.1. The van der Waals surface area contributed by atoms with Crippen molar-refractivity contribution in [2.45, 2.75) is 13.5 Å². The fourth-order valence-electron chi connectivity index (χ4n) is 2.34. The highest BCUT2D eigenvalue weighted by molar-refractivity contribution is 6.32. The van der Waals surface area contributed by atoms with Crippen LogP contribution in [0.4, 0.5) is 5.69 Å². The molecule has 0 saturated heterocycles. The molecule has 0 radical (unpaired) electrons. The van der Waals surface area contributed by atoms with Crippen LogP contribution >= 0.6 is 11.6 Å². The van der Waals surface area contributed by atoms with Gasteiger partial charge in [0.1, 0.15) is 13.2 Å². The molecule has 0 atom stereocenters. The number of fused-ring (bicyclic) bond motifs is 1. The number of guanidine groups is 1. The van der Waals surface area contributed by atoms with Gasteiger partial charge in [-0.15, -0.1) is 0 Å². The smallest absolute Gasteiger partial charge is 0.193 e. The monoisotopic (exact) mass is 331 g/mol. The molecule has 2 aromatic rings. The number of rotatable bonds is 3. The predicted molar refractivity (Wildman–Crippen MR) is 92.6 cm³/mol. The highest BCUT2D eigenvalue weighted by Crippen LogP contribution is 2.38. The van der Waals surface area contributed by atoms with E-state index in [2.05, 4.69) is 10.3 Å². The Morgan fingerprint density at radius 2 is 2.09 bits per heavy atom. The molecule has 0 amide bonds. The van der Waals surface area contributed by atoms with Crippen molar-refractivity contribution in [3.8, 4) is 11.5 Å². The first-order valence-electron chi connectivity index (χ1n) is 7.33. The van der Waals surface area contributed by atoms with Gasteiger partial charge >= 0.3 is 0 Å². The van der Waals surface area contributed by atoms with Gasteiger partial charge in [0.15, 0.2) is 17.5 Å². The molecule has 0 saturated carbocycles. The summed E-state index contributed by atoms with van der Waals surface area (Å²) in [5.41, 5.74) is 8.90. The zero-order valence-electron chi connectivity index (χ0n) is 12.8. The molecule has 5 nitrogen and oxygen atoms in total. The van der Waals surface area contributed by atoms with Gasteiger partial charge in [0.2, 0.25) is 0 Å². The molecule has 1 aliphatic heterocycles. The second-order valence-corrected chi connectivity index (χ2v) is 5.70. The molecule has 0 spiro atoms. The number of hydrogen-bond donors (Lipinski definition) is 2. The lowest BCUT2D eigenvalue weighted by atomic mass is 10.2. The molecule has 0 bridgehead atoms. The topological polar surface area (TPSA) is 68.9 Å². The van der Waals surface area contributed by atoms with Crippen LogP contribution in [0.15, 0.2) is 41.4 Å². The number of aryl methyl sites for hydroxylation is 1. The van der Waals surface area contributed by atoms with Crippen molar-refractivity contribution in [2.24, 2.45) is 10.7 Å². The molecule has 0 aliphatic carbocycles. The summed E-state index contributed by atoms with van der Waals surface area (Å²) in [5, 5.41) is 3.59. The summed E-state index contributed by atoms with van der Waals surface area (Å²) in [4.78, 5) is 4.34. The largest absolute Gasteiger partial charge is 0.486 e. The summed E-state index contributed by atoms with van der Waals surface area (Å²) < 4.78 is 11.1. The van der Waals surface area contributed by atoms with Crippen LogP contribution < -0.4 is 20.5 Å². The third-order valence-corrected chi connectivity index (χ3v) is 3.66. The molecule has 23 heavy (non-hydrogen) atoms. The van der Waals surface area contributed by atoms with Crippen LogP contribution in [0.3, 0.4) is 0 Å². The average molecular weight is 332 g/mol. The van der Waals surface area contributed by atoms with E-state index in [1.165, 1.54) is 0 Å². The molecule has 0 unspecified atom stereocenters. The highest BCUT2D eigenvalue weighted by Gasteiger charge is 2.16. The van der Waals surface area contributed by atoms with Crippen molar-refractivity contribution in [1.82, 2.24) is 0 Å². The van der Waals surface area contributed by atoms with Crippen LogP contribution in [0.5, 0.6) is 11.5 Å². The maximum Gasteiger partial charge on any atom is 0.193 e. The molecule has 2 aromatic carbocycles. The Morgan fingerprint density at radius 1 is 1.26 bits per heavy atom. The van der Waals surface area contributed by atoms with Gasteiger partial charge in [-0.3, -0.25) is 0 Å². The van der Waals surface area contributed by atoms with Gasteiger partial charge in [0, 0.05) is 5.69 Å². The minimum atomic E-state index is 0.349. The molecule has 120 valence electrons. The summed E-state index contributed by atoms with van der Waals surface area (Å²) >= 11 is 6.21. The van der Waals surface area contributed by atoms with Crippen LogP contribution in [-0.2, 0) is 6.54 Å². The molecule has 0 aromatic heterocycles. The number of nitrogens with two attached hydrogens (primary N) is 1. The van der Waals surface area contributed by atoms with E-state index in [4.69, 9.17) is 26.8 Å². The summed E-state index contributed by atoms with van der Waals surface area (Å²) in [7, 11) is 0. The normalized spacial score (nSPS) is 13.7. The fraction of sp³-hybridized carbons (Fsp3) is 0.235. The van der Waals surface area contributed by atoms with Crippen LogP contribution in [0, 0.1) is 6.92 Å². The van der Waals surface area contributed by atoms with E-state index in [1.54, 1.807) is 0 Å². The Kier molecular flexibility index (Phi) is 4.57. The van der Waals surface area contributed by atoms with Gasteiger partial charge in [-0.2, -0.15) is 0 Å². The lowest BCUT2D eigenvalue weighted by molar-refractivity contribution is 0.171. The average Bonchev–Trinajstić information content (AvgIpc) is 2.53. The molecule has 1 heterocycles. The van der Waals surface area contributed by atoms with E-state index in [9.17, 15) is 0 Å². The van der Waals surface area contributed by atoms with Crippen molar-refractivity contribution in [3.05, 3.63) is 52.5 Å². The SMILES string of the molecule is Cc1cccc(NC(N)=NCc2cc(Cl)c3c(c2)OCCO3)c1. The van der Waals surface area contributed by atoms with Gasteiger partial charge < -0.3 is 20.5 Å². The number of hydrogen-bond acceptors (Lipinski definition) is 3. The summed E-state index contributed by atoms with van der Waals surface area (Å²) in [6.45, 7) is 3.46. The van der Waals surface area contributed by atoms with Crippen molar-refractivity contribution >= 4 is 23.2 Å². The third kappa shape index (κ3) is 3.87. The predicted octanol–water partition coefficient (Wildman–Crippen LogP) is 3.35. The van der Waals surface area contributed by atoms with E-state index in [0.717, 1.165) is 16.8 Å². The number of nitrogens with zero attached hydrogens (tertiary/aromatic N) is 1. The van der Waals surface area contributed by atoms with Crippen LogP contribution in [0.1, 0.15) is 11.1 Å². The van der Waals surface area contributed by atoms with Gasteiger partial charge in [-0.1, -0.05) is 23.7 Å². The Labute approximate surface area is 140 Å². The molecule has 6 heteroatoms. The number of benzene rings is 2. The summed E-state index contributed by atoms with van der Waals surface area (Å²) in [5.74, 6) is 1.59. The van der Waals surface area contributed by atoms with Gasteiger partial charge in [0.25, 0.3) is 0 Å². The van der Waals surface area contributed by atoms with Crippen molar-refractivity contribution < 1.29 is 9.47 Å². The van der Waals surface area contributed by atoms with Crippen molar-refractivity contribution in [2.75, 3.05) is 18.5 Å². The van der Waals surface area contributed by atoms with E-state index < -0.39 is 0 Å². The van der Waals surface area contributed by atoms with Crippen LogP contribution in [0.25, 0.3) is 0 Å². The maximum atomic E-state index is 6.21. The molecular weight excluding hydrogens is 314 g/mol. The first kappa shape index (κ1) is 15.5. The van der Waals surface area contributed by atoms with Gasteiger partial charge in [0.05, 0.1) is 11.6 Å². The van der Waals surface area contributed by atoms with E-state index in [-0.39, 0.29) is 0 Å². The maximum absolute atomic E-state index is 6.21. The summed E-state index contributed by atoms with van der Waals surface area (Å²) in [6, 6.07) is 11.6. The molecule has 3 N–H and O–H groups in total. The number of halogens is 1. The lowest BCUT2D eigenvalue weighted by Gasteiger charge is -2.20. The number of ether oxygens (including phenoxy) is 2. The van der Waals surface area contributed by atoms with Crippen molar-refractivity contribution in [3.63, 3.8) is 0 Å². The highest BCUT2D eigenvalue weighted by atomic mass is 35.5. The quantitative estimate of drug-likeness (QED) is 0.668. The second kappa shape index (κ2) is 6.79. The van der Waals surface area contributed by atoms with E-state index in [1.807, 2.05) is 43.3 Å². The zero-order valence-corrected chi connectivity index (χ0v) is 13.6. The minimum Gasteiger partial charge on any atom is -0.486 e. The van der Waals surface area contributed by atoms with Crippen LogP contribution in [-0.4, -0.2) is 19.2 Å². The Balaban J connectivity index is 1.70. The molecular formula is C17H18ClN3O2. The number of aliphatic imine (C=N–C) groups is 1. The van der Waals surface area contributed by atoms with E-state index in [0.29, 0.717) is 42.2 Å². The first-order valence-corrected chi connectivity index (χ1v) is 7.71. The van der Waals surface area contributed by atoms with E-state index >= 15 is 0 Å². The number of anilines is 1. The van der Waals surface area contributed by atoms with Crippen molar-refractivity contribution in [1.29, 1.82) is 0 Å². The lowest BCUT2D eigenvalue weighted by Crippen LogP contribution is -2.22. The Morgan fingerprint density at radius 3 is 2.91 bits per heavy atom. The third-order valence-electron chi connectivity index (χ3n) is 3.38. The molecule has 3 rings (SSSR count). The number of nitrogens with one attached hydrogen (secondary N) is 1. The fourth-order valence-corrected chi connectivity index (χ4v) is 2.63. The standard InChI is InChI=1S/C17H18ClN3O2/c1-11-3-2-4-13(7-11)21-17(19)20-10-12-8-14(18)16-15(9-12)22-5-6-23-16/h2-4,7-9H,5-6,10H2,1H3,(H3,19,20,21). The minimum absolute atomic E-state index is 0.349. The van der Waals surface area contributed by atoms with Crippen LogP contribution in [0.2, 0.25) is 5.02 Å². The van der Waals surface area contributed by atoms with Gasteiger partial charge in [-0.25, -0.2) is 4.99 Å². The molecule has 0 fully saturated rings. The van der Waals surface area contributed by atoms with Gasteiger partial charge in [-0.05, 0) is 42.3 Å². The molecule has 1 aliphatic rings. The second-order valence-electron chi connectivity index (χ2n) is 5.30.